The number of aliphatic hydroxyl groups is 1. The number of hydrogen-bond acceptors (Lipinski definition) is 3. The molecule has 4 nitrogen and oxygen atoms in total. The molecule has 0 unspecified atom stereocenters. The zero-order chi connectivity index (χ0) is 15.6. The molecule has 1 aromatic carbocycles. The number of fused-ring (bicyclic) bond motifs is 1. The van der Waals surface area contributed by atoms with E-state index in [0.29, 0.717) is 12.0 Å². The Morgan fingerprint density at radius 3 is 2.95 bits per heavy atom. The van der Waals surface area contributed by atoms with Crippen LogP contribution >= 0.6 is 11.6 Å². The molecule has 22 heavy (non-hydrogen) atoms. The number of pyridine rings is 1. The van der Waals surface area contributed by atoms with Crippen LogP contribution in [0.3, 0.4) is 0 Å². The van der Waals surface area contributed by atoms with Gasteiger partial charge in [-0.2, -0.15) is 0 Å². The van der Waals surface area contributed by atoms with E-state index >= 15 is 0 Å². The average Bonchev–Trinajstić information content (AvgIpc) is 2.54. The topological polar surface area (TPSA) is 62.2 Å². The van der Waals surface area contributed by atoms with Gasteiger partial charge in [0.15, 0.2) is 0 Å². The number of nitrogens with zero attached hydrogens (tertiary/aromatic N) is 1. The molecule has 0 spiro atoms. The van der Waals surface area contributed by atoms with E-state index in [4.69, 9.17) is 11.6 Å². The highest BCUT2D eigenvalue weighted by atomic mass is 35.5. The van der Waals surface area contributed by atoms with Crippen molar-refractivity contribution in [3.63, 3.8) is 0 Å². The van der Waals surface area contributed by atoms with Crippen LogP contribution in [-0.2, 0) is 12.0 Å². The summed E-state index contributed by atoms with van der Waals surface area (Å²) in [4.78, 5) is 16.1. The minimum absolute atomic E-state index is 0.161. The number of hydrogen-bond donors (Lipinski definition) is 2. The Bertz CT molecular complexity index is 705. The molecule has 1 aliphatic carbocycles. The lowest BCUT2D eigenvalue weighted by Gasteiger charge is -2.34. The first-order valence-electron chi connectivity index (χ1n) is 7.30. The molecule has 1 aliphatic rings. The van der Waals surface area contributed by atoms with Gasteiger partial charge in [0.05, 0.1) is 12.1 Å². The van der Waals surface area contributed by atoms with E-state index in [1.54, 1.807) is 12.1 Å². The normalized spacial score (nSPS) is 20.3. The van der Waals surface area contributed by atoms with Crippen molar-refractivity contribution in [1.29, 1.82) is 0 Å². The number of aryl methyl sites for hydroxylation is 1. The smallest absolute Gasteiger partial charge is 0.254 e. The standard InChI is InChI=1S/C17H17ClN2O2/c18-15-13(7-4-10-19-15)16(21)20-11-17(22)9-3-6-12-5-1-2-8-14(12)17/h1-2,4-5,7-8,10,22H,3,6,9,11H2,(H,20,21)/t17-/m0/s1. The highest BCUT2D eigenvalue weighted by Gasteiger charge is 2.34. The summed E-state index contributed by atoms with van der Waals surface area (Å²) in [7, 11) is 0. The zero-order valence-electron chi connectivity index (χ0n) is 12.1. The number of aromatic nitrogens is 1. The van der Waals surface area contributed by atoms with Crippen LogP contribution in [0.15, 0.2) is 42.6 Å². The summed E-state index contributed by atoms with van der Waals surface area (Å²) in [6, 6.07) is 11.1. The first-order chi connectivity index (χ1) is 10.6. The Morgan fingerprint density at radius 2 is 2.14 bits per heavy atom. The molecular formula is C17H17ClN2O2. The van der Waals surface area contributed by atoms with Crippen molar-refractivity contribution in [2.24, 2.45) is 0 Å². The molecule has 3 rings (SSSR count). The van der Waals surface area contributed by atoms with Crippen LogP contribution in [0, 0.1) is 0 Å². The number of benzene rings is 1. The second kappa shape index (κ2) is 6.07. The zero-order valence-corrected chi connectivity index (χ0v) is 12.8. The number of nitrogens with one attached hydrogen (secondary N) is 1. The Labute approximate surface area is 134 Å². The van der Waals surface area contributed by atoms with Gasteiger partial charge in [-0.1, -0.05) is 35.9 Å². The van der Waals surface area contributed by atoms with Crippen LogP contribution in [0.1, 0.15) is 34.3 Å². The predicted molar refractivity (Wildman–Crippen MR) is 84.9 cm³/mol. The first kappa shape index (κ1) is 15.0. The van der Waals surface area contributed by atoms with Crippen LogP contribution in [0.2, 0.25) is 5.15 Å². The highest BCUT2D eigenvalue weighted by molar-refractivity contribution is 6.32. The van der Waals surface area contributed by atoms with Gasteiger partial charge >= 0.3 is 0 Å². The summed E-state index contributed by atoms with van der Waals surface area (Å²) in [5.41, 5.74) is 1.33. The van der Waals surface area contributed by atoms with Gasteiger partial charge in [-0.25, -0.2) is 4.98 Å². The lowest BCUT2D eigenvalue weighted by atomic mass is 9.79. The lowest BCUT2D eigenvalue weighted by molar-refractivity contribution is 0.0189. The van der Waals surface area contributed by atoms with E-state index < -0.39 is 5.60 Å². The number of carbonyl (C=O) groups excluding carboxylic acids is 1. The maximum absolute atomic E-state index is 12.2. The van der Waals surface area contributed by atoms with Crippen LogP contribution in [0.4, 0.5) is 0 Å². The summed E-state index contributed by atoms with van der Waals surface area (Å²) >= 11 is 5.92. The number of amides is 1. The predicted octanol–water partition coefficient (Wildman–Crippen LogP) is 2.69. The van der Waals surface area contributed by atoms with Gasteiger partial charge in [0.25, 0.3) is 5.91 Å². The van der Waals surface area contributed by atoms with Gasteiger partial charge in [-0.05, 0) is 42.5 Å². The third-order valence-corrected chi connectivity index (χ3v) is 4.40. The molecule has 0 bridgehead atoms. The van der Waals surface area contributed by atoms with Crippen molar-refractivity contribution in [2.75, 3.05) is 6.54 Å². The summed E-state index contributed by atoms with van der Waals surface area (Å²) in [6.45, 7) is 0.161. The molecule has 5 heteroatoms. The van der Waals surface area contributed by atoms with E-state index in [2.05, 4.69) is 10.3 Å². The number of rotatable bonds is 3. The quantitative estimate of drug-likeness (QED) is 0.856. The van der Waals surface area contributed by atoms with Crippen LogP contribution in [0.5, 0.6) is 0 Å². The van der Waals surface area contributed by atoms with Crippen molar-refractivity contribution < 1.29 is 9.90 Å². The Morgan fingerprint density at radius 1 is 1.32 bits per heavy atom. The number of halogens is 1. The summed E-state index contributed by atoms with van der Waals surface area (Å²) in [5.74, 6) is -0.324. The maximum atomic E-state index is 12.2. The third-order valence-electron chi connectivity index (χ3n) is 4.10. The van der Waals surface area contributed by atoms with Gasteiger partial charge in [0.1, 0.15) is 10.8 Å². The van der Waals surface area contributed by atoms with Crippen LogP contribution < -0.4 is 5.32 Å². The second-order valence-corrected chi connectivity index (χ2v) is 5.92. The molecule has 1 amide bonds. The Hall–Kier alpha value is -1.91. The minimum atomic E-state index is -1.03. The van der Waals surface area contributed by atoms with Crippen molar-refractivity contribution in [1.82, 2.24) is 10.3 Å². The van der Waals surface area contributed by atoms with Gasteiger partial charge in [-0.3, -0.25) is 4.79 Å². The molecule has 114 valence electrons. The minimum Gasteiger partial charge on any atom is -0.383 e. The average molecular weight is 317 g/mol. The van der Waals surface area contributed by atoms with Crippen LogP contribution in [0.25, 0.3) is 0 Å². The Kier molecular flexibility index (Phi) is 4.14. The number of carbonyl (C=O) groups is 1. The largest absolute Gasteiger partial charge is 0.383 e. The van der Waals surface area contributed by atoms with Gasteiger partial charge in [0, 0.05) is 6.20 Å². The van der Waals surface area contributed by atoms with E-state index in [9.17, 15) is 9.90 Å². The van der Waals surface area contributed by atoms with Crippen molar-refractivity contribution in [2.45, 2.75) is 24.9 Å². The van der Waals surface area contributed by atoms with Gasteiger partial charge in [0.2, 0.25) is 0 Å². The third kappa shape index (κ3) is 2.85. The van der Waals surface area contributed by atoms with E-state index in [1.165, 1.54) is 6.20 Å². The molecule has 0 aliphatic heterocycles. The van der Waals surface area contributed by atoms with E-state index in [0.717, 1.165) is 24.0 Å². The lowest BCUT2D eigenvalue weighted by Crippen LogP contribution is -2.43. The first-order valence-corrected chi connectivity index (χ1v) is 7.67. The fourth-order valence-electron chi connectivity index (χ4n) is 2.96. The van der Waals surface area contributed by atoms with E-state index in [1.807, 2.05) is 24.3 Å². The fourth-order valence-corrected chi connectivity index (χ4v) is 3.16. The molecule has 1 aromatic heterocycles. The SMILES string of the molecule is O=C(NC[C@@]1(O)CCCc2ccccc21)c1cccnc1Cl. The molecule has 0 saturated carbocycles. The Balaban J connectivity index is 1.77. The highest BCUT2D eigenvalue weighted by Crippen LogP contribution is 2.34. The van der Waals surface area contributed by atoms with Crippen molar-refractivity contribution in [3.05, 3.63) is 64.4 Å². The molecule has 0 saturated heterocycles. The summed E-state index contributed by atoms with van der Waals surface area (Å²) in [6.07, 6.45) is 4.02. The summed E-state index contributed by atoms with van der Waals surface area (Å²) < 4.78 is 0. The van der Waals surface area contributed by atoms with Crippen LogP contribution in [-0.4, -0.2) is 22.5 Å². The molecule has 0 radical (unpaired) electrons. The van der Waals surface area contributed by atoms with Gasteiger partial charge in [-0.15, -0.1) is 0 Å². The molecule has 0 fully saturated rings. The molecular weight excluding hydrogens is 300 g/mol. The molecule has 2 N–H and O–H groups in total. The monoisotopic (exact) mass is 316 g/mol. The van der Waals surface area contributed by atoms with Gasteiger partial charge < -0.3 is 10.4 Å². The summed E-state index contributed by atoms with van der Waals surface area (Å²) in [5, 5.41) is 13.9. The maximum Gasteiger partial charge on any atom is 0.254 e. The molecule has 1 heterocycles. The fraction of sp³-hybridized carbons (Fsp3) is 0.294. The molecule has 1 atom stereocenters. The molecule has 2 aromatic rings. The van der Waals surface area contributed by atoms with Crippen molar-refractivity contribution in [3.8, 4) is 0 Å². The van der Waals surface area contributed by atoms with Crippen molar-refractivity contribution >= 4 is 17.5 Å². The van der Waals surface area contributed by atoms with E-state index in [-0.39, 0.29) is 17.6 Å². The second-order valence-electron chi connectivity index (χ2n) is 5.57.